The van der Waals surface area contributed by atoms with E-state index in [0.717, 1.165) is 40.9 Å². The van der Waals surface area contributed by atoms with E-state index in [1.165, 1.54) is 0 Å². The van der Waals surface area contributed by atoms with Gasteiger partial charge in [-0.05, 0) is 31.0 Å². The van der Waals surface area contributed by atoms with Crippen LogP contribution in [0.5, 0.6) is 0 Å². The van der Waals surface area contributed by atoms with Crippen LogP contribution in [0.1, 0.15) is 17.7 Å². The molecule has 3 aromatic heterocycles. The van der Waals surface area contributed by atoms with Gasteiger partial charge in [0, 0.05) is 18.5 Å². The van der Waals surface area contributed by atoms with Crippen LogP contribution in [0.4, 0.5) is 11.8 Å². The molecule has 4 heterocycles. The number of para-hydroxylation sites is 1. The van der Waals surface area contributed by atoms with Crippen molar-refractivity contribution >= 4 is 22.7 Å². The number of hydrogen-bond donors (Lipinski definition) is 2. The quantitative estimate of drug-likeness (QED) is 0.530. The maximum absolute atomic E-state index is 9.78. The summed E-state index contributed by atoms with van der Waals surface area (Å²) in [5.41, 5.74) is 9.96. The molecule has 1 saturated heterocycles. The lowest BCUT2D eigenvalue weighted by atomic mass is 10.1. The van der Waals surface area contributed by atoms with E-state index in [-0.39, 0.29) is 12.1 Å². The second-order valence-electron chi connectivity index (χ2n) is 7.58. The van der Waals surface area contributed by atoms with E-state index in [4.69, 9.17) is 10.7 Å². The van der Waals surface area contributed by atoms with Gasteiger partial charge >= 0.3 is 0 Å². The lowest BCUT2D eigenvalue weighted by Gasteiger charge is -2.17. The number of β-amino-alcohol motifs (C(OH)–C–C–N with tert-alkyl or cyclic N) is 1. The third-order valence-electron chi connectivity index (χ3n) is 5.33. The van der Waals surface area contributed by atoms with Gasteiger partial charge in [-0.3, -0.25) is 0 Å². The summed E-state index contributed by atoms with van der Waals surface area (Å²) in [5, 5.41) is 19.2. The second kappa shape index (κ2) is 7.34. The molecule has 0 amide bonds. The summed E-state index contributed by atoms with van der Waals surface area (Å²) in [5.74, 6) is 1.08. The number of aliphatic hydroxyl groups is 1. The van der Waals surface area contributed by atoms with E-state index in [9.17, 15) is 5.11 Å². The molecule has 0 saturated carbocycles. The lowest BCUT2D eigenvalue weighted by molar-refractivity contribution is 0.198. The highest BCUT2D eigenvalue weighted by Gasteiger charge is 2.21. The van der Waals surface area contributed by atoms with Crippen molar-refractivity contribution in [3.8, 4) is 11.4 Å². The number of anilines is 2. The molecule has 0 spiro atoms. The van der Waals surface area contributed by atoms with Gasteiger partial charge in [-0.15, -0.1) is 5.10 Å². The van der Waals surface area contributed by atoms with Crippen molar-refractivity contribution in [3.63, 3.8) is 0 Å². The second-order valence-corrected chi connectivity index (χ2v) is 7.58. The maximum atomic E-state index is 9.78. The van der Waals surface area contributed by atoms with Gasteiger partial charge in [-0.1, -0.05) is 29.5 Å². The van der Waals surface area contributed by atoms with Crippen molar-refractivity contribution in [2.75, 3.05) is 23.7 Å². The van der Waals surface area contributed by atoms with Crippen molar-refractivity contribution in [1.29, 1.82) is 0 Å². The largest absolute Gasteiger partial charge is 0.391 e. The Balaban J connectivity index is 1.43. The highest BCUT2D eigenvalue weighted by Crippen LogP contribution is 2.27. The van der Waals surface area contributed by atoms with Gasteiger partial charge in [-0.2, -0.15) is 0 Å². The number of nitrogen functional groups attached to an aromatic ring is 1. The van der Waals surface area contributed by atoms with E-state index in [2.05, 4.69) is 25.2 Å². The monoisotopic (exact) mass is 402 g/mol. The van der Waals surface area contributed by atoms with E-state index in [1.54, 1.807) is 4.68 Å². The fourth-order valence-corrected chi connectivity index (χ4v) is 3.84. The number of aliphatic hydroxyl groups excluding tert-OH is 1. The number of pyridine rings is 1. The third-order valence-corrected chi connectivity index (χ3v) is 5.33. The average Bonchev–Trinajstić information content (AvgIpc) is 3.38. The van der Waals surface area contributed by atoms with Gasteiger partial charge in [0.05, 0.1) is 30.1 Å². The average molecular weight is 402 g/mol. The van der Waals surface area contributed by atoms with Crippen molar-refractivity contribution in [2.45, 2.75) is 26.0 Å². The van der Waals surface area contributed by atoms with Crippen molar-refractivity contribution in [1.82, 2.24) is 29.9 Å². The minimum atomic E-state index is -0.285. The van der Waals surface area contributed by atoms with Crippen LogP contribution in [0.2, 0.25) is 0 Å². The summed E-state index contributed by atoms with van der Waals surface area (Å²) in [6, 6.07) is 11.8. The van der Waals surface area contributed by atoms with Crippen LogP contribution in [-0.4, -0.2) is 54.2 Å². The number of fused-ring (bicyclic) bond motifs is 1. The summed E-state index contributed by atoms with van der Waals surface area (Å²) in [6.45, 7) is 3.90. The zero-order chi connectivity index (χ0) is 20.7. The molecular weight excluding hydrogens is 380 g/mol. The van der Waals surface area contributed by atoms with Gasteiger partial charge < -0.3 is 15.7 Å². The maximum Gasteiger partial charge on any atom is 0.221 e. The first kappa shape index (κ1) is 18.4. The van der Waals surface area contributed by atoms with Gasteiger partial charge in [0.1, 0.15) is 17.2 Å². The van der Waals surface area contributed by atoms with Gasteiger partial charge in [-0.25, -0.2) is 19.6 Å². The van der Waals surface area contributed by atoms with Crippen LogP contribution in [0.25, 0.3) is 22.3 Å². The molecule has 9 nitrogen and oxygen atoms in total. The smallest absolute Gasteiger partial charge is 0.221 e. The molecule has 5 rings (SSSR count). The van der Waals surface area contributed by atoms with Gasteiger partial charge in [0.15, 0.2) is 0 Å². The Hall–Kier alpha value is -3.59. The number of aryl methyl sites for hydroxylation is 1. The molecule has 1 fully saturated rings. The van der Waals surface area contributed by atoms with Gasteiger partial charge in [0.25, 0.3) is 0 Å². The molecule has 30 heavy (non-hydrogen) atoms. The predicted octanol–water partition coefficient (Wildman–Crippen LogP) is 1.79. The first-order valence-corrected chi connectivity index (χ1v) is 9.89. The highest BCUT2D eigenvalue weighted by atomic mass is 16.3. The van der Waals surface area contributed by atoms with E-state index in [0.29, 0.717) is 24.5 Å². The number of hydrogen-bond acceptors (Lipinski definition) is 8. The Morgan fingerprint density at radius 3 is 2.83 bits per heavy atom. The molecule has 152 valence electrons. The number of benzene rings is 1. The molecule has 1 unspecified atom stereocenters. The topological polar surface area (TPSA) is 119 Å². The summed E-state index contributed by atoms with van der Waals surface area (Å²) in [6.07, 6.45) is 2.33. The normalized spacial score (nSPS) is 16.5. The number of nitrogens with zero attached hydrogens (tertiary/aromatic N) is 7. The standard InChI is InChI=1S/C21H22N8O/c1-13-4-2-6-16-19(13)24-21(22)25-20(16)17-12-29(27-26-17)10-14-5-3-7-18(23-14)28-9-8-15(30)11-28/h2-7,12,15,30H,8-11H2,1H3,(H2,22,24,25). The molecule has 1 aromatic carbocycles. The fraction of sp³-hybridized carbons (Fsp3) is 0.286. The zero-order valence-electron chi connectivity index (χ0n) is 16.6. The van der Waals surface area contributed by atoms with Crippen LogP contribution in [0.15, 0.2) is 42.6 Å². The predicted molar refractivity (Wildman–Crippen MR) is 114 cm³/mol. The Kier molecular flexibility index (Phi) is 4.51. The SMILES string of the molecule is Cc1cccc2c(-c3cn(Cc4cccc(N5CCC(O)C5)n4)nn3)nc(N)nc12. The third kappa shape index (κ3) is 3.43. The molecule has 0 aliphatic carbocycles. The summed E-state index contributed by atoms with van der Waals surface area (Å²) in [7, 11) is 0. The van der Waals surface area contributed by atoms with Crippen LogP contribution in [0, 0.1) is 6.92 Å². The minimum absolute atomic E-state index is 0.212. The molecule has 1 atom stereocenters. The Morgan fingerprint density at radius 1 is 1.13 bits per heavy atom. The zero-order valence-corrected chi connectivity index (χ0v) is 16.6. The first-order valence-electron chi connectivity index (χ1n) is 9.89. The first-order chi connectivity index (χ1) is 14.6. The summed E-state index contributed by atoms with van der Waals surface area (Å²) < 4.78 is 1.74. The molecule has 1 aliphatic rings. The van der Waals surface area contributed by atoms with Crippen LogP contribution in [0.3, 0.4) is 0 Å². The van der Waals surface area contributed by atoms with Crippen molar-refractivity contribution in [2.24, 2.45) is 0 Å². The van der Waals surface area contributed by atoms with Crippen LogP contribution >= 0.6 is 0 Å². The minimum Gasteiger partial charge on any atom is -0.391 e. The fourth-order valence-electron chi connectivity index (χ4n) is 3.84. The van der Waals surface area contributed by atoms with Gasteiger partial charge in [0.2, 0.25) is 5.95 Å². The molecule has 4 aromatic rings. The molecule has 1 aliphatic heterocycles. The Morgan fingerprint density at radius 2 is 2.00 bits per heavy atom. The van der Waals surface area contributed by atoms with E-state index in [1.807, 2.05) is 49.5 Å². The van der Waals surface area contributed by atoms with Crippen LogP contribution in [-0.2, 0) is 6.54 Å². The highest BCUT2D eigenvalue weighted by molar-refractivity contribution is 5.93. The number of rotatable bonds is 4. The molecule has 0 bridgehead atoms. The molecule has 9 heteroatoms. The van der Waals surface area contributed by atoms with E-state index >= 15 is 0 Å². The Labute approximate surface area is 173 Å². The summed E-state index contributed by atoms with van der Waals surface area (Å²) in [4.78, 5) is 15.6. The Bertz CT molecular complexity index is 1220. The lowest BCUT2D eigenvalue weighted by Crippen LogP contribution is -2.22. The van der Waals surface area contributed by atoms with E-state index < -0.39 is 0 Å². The van der Waals surface area contributed by atoms with Crippen molar-refractivity contribution < 1.29 is 5.11 Å². The van der Waals surface area contributed by atoms with Crippen LogP contribution < -0.4 is 10.6 Å². The molecular formula is C21H22N8O. The van der Waals surface area contributed by atoms with Crippen molar-refractivity contribution in [3.05, 3.63) is 53.9 Å². The molecule has 0 radical (unpaired) electrons. The number of aromatic nitrogens is 6. The molecule has 3 N–H and O–H groups in total. The number of nitrogens with two attached hydrogens (primary N) is 1. The summed E-state index contributed by atoms with van der Waals surface area (Å²) >= 11 is 0.